The average molecular weight is 500 g/mol. The molecule has 1 fully saturated rings. The van der Waals surface area contributed by atoms with Crippen molar-refractivity contribution in [2.45, 2.75) is 51.7 Å². The summed E-state index contributed by atoms with van der Waals surface area (Å²) in [4.78, 5) is 24.8. The van der Waals surface area contributed by atoms with Crippen LogP contribution in [0, 0.1) is 6.92 Å². The lowest BCUT2D eigenvalue weighted by Crippen LogP contribution is -2.20. The van der Waals surface area contributed by atoms with Gasteiger partial charge in [-0.2, -0.15) is 0 Å². The summed E-state index contributed by atoms with van der Waals surface area (Å²) >= 11 is 0. The van der Waals surface area contributed by atoms with Crippen LogP contribution in [0.25, 0.3) is 6.08 Å². The third kappa shape index (κ3) is 7.46. The molecular formula is C31H33NO5. The fourth-order valence-electron chi connectivity index (χ4n) is 4.28. The number of ether oxygens (including phenoxy) is 3. The molecule has 192 valence electrons. The number of methoxy groups -OCH3 is 1. The van der Waals surface area contributed by atoms with Crippen molar-refractivity contribution in [2.75, 3.05) is 12.4 Å². The molecule has 0 aromatic heterocycles. The first-order valence-corrected chi connectivity index (χ1v) is 12.7. The van der Waals surface area contributed by atoms with Crippen LogP contribution in [-0.2, 0) is 16.1 Å². The lowest BCUT2D eigenvalue weighted by molar-refractivity contribution is -0.111. The van der Waals surface area contributed by atoms with Gasteiger partial charge in [-0.05, 0) is 91.8 Å². The molecule has 1 N–H and O–H groups in total. The van der Waals surface area contributed by atoms with Crippen LogP contribution in [0.3, 0.4) is 0 Å². The third-order valence-corrected chi connectivity index (χ3v) is 6.47. The van der Waals surface area contributed by atoms with E-state index in [2.05, 4.69) is 18.3 Å². The number of amides is 1. The number of aryl methyl sites for hydroxylation is 1. The van der Waals surface area contributed by atoms with Crippen LogP contribution >= 0.6 is 0 Å². The zero-order chi connectivity index (χ0) is 26.0. The molecule has 0 saturated heterocycles. The Morgan fingerprint density at radius 3 is 2.43 bits per heavy atom. The summed E-state index contributed by atoms with van der Waals surface area (Å²) in [6, 6.07) is 20.3. The second-order valence-corrected chi connectivity index (χ2v) is 9.19. The largest absolute Gasteiger partial charge is 0.493 e. The highest BCUT2D eigenvalue weighted by Crippen LogP contribution is 2.29. The van der Waals surface area contributed by atoms with E-state index in [1.807, 2.05) is 36.4 Å². The highest BCUT2D eigenvalue weighted by atomic mass is 16.5. The minimum Gasteiger partial charge on any atom is -0.493 e. The molecule has 6 heteroatoms. The van der Waals surface area contributed by atoms with E-state index in [0.717, 1.165) is 36.8 Å². The maximum atomic E-state index is 12.4. The van der Waals surface area contributed by atoms with Crippen molar-refractivity contribution in [1.29, 1.82) is 0 Å². The lowest BCUT2D eigenvalue weighted by atomic mass is 9.98. The van der Waals surface area contributed by atoms with E-state index >= 15 is 0 Å². The van der Waals surface area contributed by atoms with Crippen LogP contribution < -0.4 is 14.8 Å². The van der Waals surface area contributed by atoms with Crippen molar-refractivity contribution in [2.24, 2.45) is 0 Å². The third-order valence-electron chi connectivity index (χ3n) is 6.47. The Kier molecular flexibility index (Phi) is 8.98. The average Bonchev–Trinajstić information content (AvgIpc) is 2.92. The fraction of sp³-hybridized carbons (Fsp3) is 0.290. The van der Waals surface area contributed by atoms with Crippen molar-refractivity contribution >= 4 is 23.6 Å². The number of carbonyl (C=O) groups excluding carboxylic acids is 2. The van der Waals surface area contributed by atoms with E-state index < -0.39 is 0 Å². The second kappa shape index (κ2) is 12.8. The number of anilines is 1. The van der Waals surface area contributed by atoms with Crippen molar-refractivity contribution in [3.8, 4) is 11.5 Å². The molecule has 0 spiro atoms. The maximum Gasteiger partial charge on any atom is 0.338 e. The molecule has 0 unspecified atom stereocenters. The van der Waals surface area contributed by atoms with Gasteiger partial charge in [-0.1, -0.05) is 36.8 Å². The summed E-state index contributed by atoms with van der Waals surface area (Å²) in [7, 11) is 1.59. The van der Waals surface area contributed by atoms with Crippen molar-refractivity contribution in [1.82, 2.24) is 0 Å². The van der Waals surface area contributed by atoms with E-state index in [0.29, 0.717) is 29.4 Å². The molecule has 0 heterocycles. The molecule has 0 aliphatic heterocycles. The first-order chi connectivity index (χ1) is 18.0. The number of esters is 1. The van der Waals surface area contributed by atoms with Crippen LogP contribution in [0.5, 0.6) is 11.5 Å². The van der Waals surface area contributed by atoms with Crippen molar-refractivity contribution in [3.63, 3.8) is 0 Å². The van der Waals surface area contributed by atoms with Crippen molar-refractivity contribution in [3.05, 3.63) is 95.1 Å². The van der Waals surface area contributed by atoms with Crippen molar-refractivity contribution < 1.29 is 23.8 Å². The van der Waals surface area contributed by atoms with E-state index in [9.17, 15) is 9.59 Å². The molecule has 1 aliphatic rings. The Morgan fingerprint density at radius 2 is 1.70 bits per heavy atom. The molecular weight excluding hydrogens is 466 g/mol. The van der Waals surface area contributed by atoms with Gasteiger partial charge in [0.25, 0.3) is 0 Å². The highest BCUT2D eigenvalue weighted by Gasteiger charge is 2.18. The number of hydrogen-bond donors (Lipinski definition) is 1. The lowest BCUT2D eigenvalue weighted by Gasteiger charge is -2.21. The topological polar surface area (TPSA) is 73.9 Å². The Labute approximate surface area is 218 Å². The number of carbonyl (C=O) groups is 2. The SMILES string of the molecule is COc1cc(/C=C/C(=O)Nc2ccc(C(=O)OC3CCCCC3)cc2)ccc1OCc1ccccc1C. The smallest absolute Gasteiger partial charge is 0.338 e. The van der Waals surface area contributed by atoms with E-state index in [4.69, 9.17) is 14.2 Å². The van der Waals surface area contributed by atoms with Gasteiger partial charge in [0, 0.05) is 11.8 Å². The monoisotopic (exact) mass is 499 g/mol. The van der Waals surface area contributed by atoms with Gasteiger partial charge in [0.1, 0.15) is 12.7 Å². The van der Waals surface area contributed by atoms with Gasteiger partial charge in [-0.15, -0.1) is 0 Å². The summed E-state index contributed by atoms with van der Waals surface area (Å²) in [6.45, 7) is 2.49. The molecule has 1 saturated carbocycles. The number of nitrogens with one attached hydrogen (secondary N) is 1. The normalized spacial score (nSPS) is 13.8. The Balaban J connectivity index is 1.31. The molecule has 0 radical (unpaired) electrons. The Morgan fingerprint density at radius 1 is 0.946 bits per heavy atom. The predicted octanol–water partition coefficient (Wildman–Crippen LogP) is 6.72. The number of benzene rings is 3. The van der Waals surface area contributed by atoms with Gasteiger partial charge in [-0.25, -0.2) is 4.79 Å². The van der Waals surface area contributed by atoms with Gasteiger partial charge in [0.2, 0.25) is 5.91 Å². The molecule has 0 atom stereocenters. The Bertz CT molecular complexity index is 1240. The minimum atomic E-state index is -0.315. The molecule has 37 heavy (non-hydrogen) atoms. The molecule has 3 aromatic carbocycles. The molecule has 0 bridgehead atoms. The van der Waals surface area contributed by atoms with Crippen LogP contribution in [0.2, 0.25) is 0 Å². The maximum absolute atomic E-state index is 12.4. The van der Waals surface area contributed by atoms with Gasteiger partial charge >= 0.3 is 5.97 Å². The fourth-order valence-corrected chi connectivity index (χ4v) is 4.28. The first kappa shape index (κ1) is 26.0. The molecule has 6 nitrogen and oxygen atoms in total. The predicted molar refractivity (Wildman–Crippen MR) is 145 cm³/mol. The van der Waals surface area contributed by atoms with Crippen LogP contribution in [0.4, 0.5) is 5.69 Å². The summed E-state index contributed by atoms with van der Waals surface area (Å²) < 4.78 is 17.0. The zero-order valence-electron chi connectivity index (χ0n) is 21.4. The summed E-state index contributed by atoms with van der Waals surface area (Å²) in [5.74, 6) is 0.627. The summed E-state index contributed by atoms with van der Waals surface area (Å²) in [5, 5.41) is 2.81. The second-order valence-electron chi connectivity index (χ2n) is 9.19. The van der Waals surface area contributed by atoms with E-state index in [-0.39, 0.29) is 18.0 Å². The van der Waals surface area contributed by atoms with Gasteiger partial charge in [0.05, 0.1) is 12.7 Å². The highest BCUT2D eigenvalue weighted by molar-refractivity contribution is 6.02. The van der Waals surface area contributed by atoms with Gasteiger partial charge < -0.3 is 19.5 Å². The van der Waals surface area contributed by atoms with E-state index in [1.165, 1.54) is 18.1 Å². The molecule has 4 rings (SSSR count). The molecule has 3 aromatic rings. The van der Waals surface area contributed by atoms with Crippen LogP contribution in [0.15, 0.2) is 72.8 Å². The number of hydrogen-bond acceptors (Lipinski definition) is 5. The number of rotatable bonds is 9. The zero-order valence-corrected chi connectivity index (χ0v) is 21.4. The molecule has 1 aliphatic carbocycles. The Hall–Kier alpha value is -4.06. The van der Waals surface area contributed by atoms with Gasteiger partial charge in [-0.3, -0.25) is 4.79 Å². The minimum absolute atomic E-state index is 0.0121. The van der Waals surface area contributed by atoms with Crippen LogP contribution in [0.1, 0.15) is 59.2 Å². The van der Waals surface area contributed by atoms with E-state index in [1.54, 1.807) is 37.5 Å². The summed E-state index contributed by atoms with van der Waals surface area (Å²) in [6.07, 6.45) is 8.45. The standard InChI is InChI=1S/C31H33NO5/c1-22-8-6-7-9-25(22)21-36-28-18-12-23(20-29(28)35-2)13-19-30(33)32-26-16-14-24(15-17-26)31(34)37-27-10-4-3-5-11-27/h6-9,12-20,27H,3-5,10-11,21H2,1-2H3,(H,32,33)/b19-13+. The quantitative estimate of drug-likeness (QED) is 0.261. The molecule has 1 amide bonds. The van der Waals surface area contributed by atoms with Crippen LogP contribution in [-0.4, -0.2) is 25.1 Å². The first-order valence-electron chi connectivity index (χ1n) is 12.7. The van der Waals surface area contributed by atoms with Gasteiger partial charge in [0.15, 0.2) is 11.5 Å². The summed E-state index contributed by atoms with van der Waals surface area (Å²) in [5.41, 5.74) is 4.16.